The molecule has 0 fully saturated rings. The topological polar surface area (TPSA) is 29.5 Å². The summed E-state index contributed by atoms with van der Waals surface area (Å²) in [5.74, 6) is 0.0420. The van der Waals surface area contributed by atoms with Gasteiger partial charge in [-0.15, -0.1) is 0 Å². The van der Waals surface area contributed by atoms with E-state index < -0.39 is 0 Å². The van der Waals surface area contributed by atoms with E-state index in [4.69, 9.17) is 4.74 Å². The van der Waals surface area contributed by atoms with Crippen LogP contribution in [-0.2, 0) is 4.74 Å². The predicted octanol–water partition coefficient (Wildman–Crippen LogP) is 8.64. The lowest BCUT2D eigenvalue weighted by Crippen LogP contribution is -2.08. The van der Waals surface area contributed by atoms with Gasteiger partial charge in [-0.25, -0.2) is 4.39 Å². The number of unbranched alkanes of at least 4 members (excludes halogenated alkanes) is 3. The van der Waals surface area contributed by atoms with Gasteiger partial charge in [-0.2, -0.15) is 0 Å². The maximum atomic E-state index is 14.7. The van der Waals surface area contributed by atoms with E-state index in [9.17, 15) is 9.50 Å². The highest BCUT2D eigenvalue weighted by Crippen LogP contribution is 2.27. The van der Waals surface area contributed by atoms with Crippen molar-refractivity contribution in [1.82, 2.24) is 0 Å². The summed E-state index contributed by atoms with van der Waals surface area (Å²) >= 11 is 0. The number of halogens is 1. The Morgan fingerprint density at radius 3 is 2.09 bits per heavy atom. The molecule has 33 heavy (non-hydrogen) atoms. The highest BCUT2D eigenvalue weighted by molar-refractivity contribution is 5.71. The normalized spacial score (nSPS) is 12.3. The molecule has 3 aromatic rings. The summed E-state index contributed by atoms with van der Waals surface area (Å²) in [6.45, 7) is 5.18. The first kappa shape index (κ1) is 24.7. The number of phenols is 1. The lowest BCUT2D eigenvalue weighted by Gasteiger charge is -2.12. The van der Waals surface area contributed by atoms with E-state index in [1.165, 1.54) is 12.8 Å². The summed E-state index contributed by atoms with van der Waals surface area (Å²) < 4.78 is 20.5. The van der Waals surface area contributed by atoms with Gasteiger partial charge in [-0.1, -0.05) is 80.4 Å². The summed E-state index contributed by atoms with van der Waals surface area (Å²) in [6.07, 6.45) is 10.8. The Morgan fingerprint density at radius 2 is 1.45 bits per heavy atom. The predicted molar refractivity (Wildman–Crippen MR) is 137 cm³/mol. The van der Waals surface area contributed by atoms with Gasteiger partial charge in [0.25, 0.3) is 0 Å². The second kappa shape index (κ2) is 13.0. The van der Waals surface area contributed by atoms with Crippen molar-refractivity contribution in [1.29, 1.82) is 0 Å². The molecule has 174 valence electrons. The van der Waals surface area contributed by atoms with Crippen LogP contribution in [0.1, 0.15) is 57.9 Å². The summed E-state index contributed by atoms with van der Waals surface area (Å²) in [6, 6.07) is 20.5. The van der Waals surface area contributed by atoms with E-state index >= 15 is 0 Å². The van der Waals surface area contributed by atoms with Crippen molar-refractivity contribution in [3.05, 3.63) is 84.2 Å². The monoisotopic (exact) mass is 446 g/mol. The van der Waals surface area contributed by atoms with E-state index in [0.29, 0.717) is 5.56 Å². The molecule has 0 aliphatic heterocycles. The Bertz CT molecular complexity index is 1010. The Kier molecular flexibility index (Phi) is 9.71. The number of allylic oxidation sites excluding steroid dienone is 1. The lowest BCUT2D eigenvalue weighted by atomic mass is 9.99. The summed E-state index contributed by atoms with van der Waals surface area (Å²) in [7, 11) is 0. The van der Waals surface area contributed by atoms with Crippen LogP contribution >= 0.6 is 0 Å². The highest BCUT2D eigenvalue weighted by atomic mass is 19.1. The van der Waals surface area contributed by atoms with Gasteiger partial charge < -0.3 is 9.84 Å². The average Bonchev–Trinajstić information content (AvgIpc) is 2.83. The largest absolute Gasteiger partial charge is 0.508 e. The highest BCUT2D eigenvalue weighted by Gasteiger charge is 2.05. The van der Waals surface area contributed by atoms with Crippen molar-refractivity contribution in [3.8, 4) is 28.0 Å². The van der Waals surface area contributed by atoms with Gasteiger partial charge in [0.1, 0.15) is 11.6 Å². The van der Waals surface area contributed by atoms with E-state index in [1.807, 2.05) is 60.7 Å². The molecule has 0 bridgehead atoms. The number of benzene rings is 3. The van der Waals surface area contributed by atoms with Crippen LogP contribution in [0.4, 0.5) is 4.39 Å². The molecule has 0 aliphatic carbocycles. The van der Waals surface area contributed by atoms with Gasteiger partial charge in [-0.3, -0.25) is 0 Å². The Balaban J connectivity index is 1.51. The first-order chi connectivity index (χ1) is 16.1. The third-order valence-electron chi connectivity index (χ3n) is 5.85. The van der Waals surface area contributed by atoms with Gasteiger partial charge >= 0.3 is 0 Å². The second-order valence-electron chi connectivity index (χ2n) is 8.58. The average molecular weight is 447 g/mol. The third-order valence-corrected chi connectivity index (χ3v) is 5.85. The van der Waals surface area contributed by atoms with Gasteiger partial charge in [0.15, 0.2) is 0 Å². The molecule has 1 atom stereocenters. The Hall–Kier alpha value is -2.91. The fourth-order valence-corrected chi connectivity index (χ4v) is 3.80. The minimum Gasteiger partial charge on any atom is -0.508 e. The molecule has 1 unspecified atom stereocenters. The second-order valence-corrected chi connectivity index (χ2v) is 8.58. The standard InChI is InChI=1S/C30H35FO2/c1-3-4-8-21-33-23(2)9-6-5-7-10-27-15-16-28(22-30(27)31)26-13-11-24(12-14-26)25-17-19-29(32)20-18-25/h7,10-20,22-23,32H,3-6,8-9,21H2,1-2H3/b10-7+. The number of aromatic hydroxyl groups is 1. The molecule has 3 heteroatoms. The Labute approximate surface area is 197 Å². The zero-order valence-electron chi connectivity index (χ0n) is 19.8. The number of hydrogen-bond donors (Lipinski definition) is 1. The molecule has 1 N–H and O–H groups in total. The van der Waals surface area contributed by atoms with Gasteiger partial charge in [0, 0.05) is 12.2 Å². The molecule has 2 nitrogen and oxygen atoms in total. The molecular formula is C30H35FO2. The maximum absolute atomic E-state index is 14.7. The molecule has 3 aromatic carbocycles. The molecule has 0 aliphatic rings. The first-order valence-corrected chi connectivity index (χ1v) is 12.0. The number of phenolic OH excluding ortho intramolecular Hbond substituents is 1. The van der Waals surface area contributed by atoms with Crippen LogP contribution in [0.3, 0.4) is 0 Å². The molecular weight excluding hydrogens is 411 g/mol. The fourth-order valence-electron chi connectivity index (χ4n) is 3.80. The minimum atomic E-state index is -0.209. The van der Waals surface area contributed by atoms with E-state index in [-0.39, 0.29) is 17.7 Å². The van der Waals surface area contributed by atoms with Crippen molar-refractivity contribution < 1.29 is 14.2 Å². The zero-order chi connectivity index (χ0) is 23.5. The molecule has 0 heterocycles. The summed E-state index contributed by atoms with van der Waals surface area (Å²) in [5.41, 5.74) is 4.53. The Morgan fingerprint density at radius 1 is 0.848 bits per heavy atom. The number of hydrogen-bond acceptors (Lipinski definition) is 2. The van der Waals surface area contributed by atoms with E-state index in [0.717, 1.165) is 54.5 Å². The minimum absolute atomic E-state index is 0.209. The molecule has 0 saturated heterocycles. The van der Waals surface area contributed by atoms with Crippen molar-refractivity contribution in [2.45, 2.75) is 58.5 Å². The van der Waals surface area contributed by atoms with Crippen molar-refractivity contribution in [2.24, 2.45) is 0 Å². The summed E-state index contributed by atoms with van der Waals surface area (Å²) in [5, 5.41) is 9.45. The van der Waals surface area contributed by atoms with Crippen molar-refractivity contribution in [3.63, 3.8) is 0 Å². The van der Waals surface area contributed by atoms with Crippen molar-refractivity contribution in [2.75, 3.05) is 6.61 Å². The number of ether oxygens (including phenoxy) is 1. The van der Waals surface area contributed by atoms with Gasteiger partial charge in [0.2, 0.25) is 0 Å². The third kappa shape index (κ3) is 7.87. The van der Waals surface area contributed by atoms with Gasteiger partial charge in [-0.05, 0) is 73.1 Å². The molecule has 0 spiro atoms. The van der Waals surface area contributed by atoms with Crippen LogP contribution < -0.4 is 0 Å². The number of rotatable bonds is 12. The van der Waals surface area contributed by atoms with Crippen LogP contribution in [0.25, 0.3) is 28.3 Å². The van der Waals surface area contributed by atoms with Crippen molar-refractivity contribution >= 4 is 6.08 Å². The maximum Gasteiger partial charge on any atom is 0.131 e. The fraction of sp³-hybridized carbons (Fsp3) is 0.333. The molecule has 0 aromatic heterocycles. The van der Waals surface area contributed by atoms with E-state index in [2.05, 4.69) is 13.8 Å². The summed E-state index contributed by atoms with van der Waals surface area (Å²) in [4.78, 5) is 0. The van der Waals surface area contributed by atoms with Crippen LogP contribution in [0, 0.1) is 5.82 Å². The van der Waals surface area contributed by atoms with Gasteiger partial charge in [0.05, 0.1) is 6.10 Å². The smallest absolute Gasteiger partial charge is 0.131 e. The quantitative estimate of drug-likeness (QED) is 0.282. The lowest BCUT2D eigenvalue weighted by molar-refractivity contribution is 0.0566. The molecule has 0 amide bonds. The zero-order valence-corrected chi connectivity index (χ0v) is 19.8. The molecule has 0 radical (unpaired) electrons. The van der Waals surface area contributed by atoms with Crippen LogP contribution in [0.5, 0.6) is 5.75 Å². The van der Waals surface area contributed by atoms with Crippen LogP contribution in [-0.4, -0.2) is 17.8 Å². The van der Waals surface area contributed by atoms with E-state index in [1.54, 1.807) is 18.2 Å². The SMILES string of the molecule is CCCCCOC(C)CCC/C=C/c1ccc(-c2ccc(-c3ccc(O)cc3)cc2)cc1F. The molecule has 0 saturated carbocycles. The van der Waals surface area contributed by atoms with Crippen LogP contribution in [0.15, 0.2) is 72.8 Å². The first-order valence-electron chi connectivity index (χ1n) is 12.0. The van der Waals surface area contributed by atoms with Crippen LogP contribution in [0.2, 0.25) is 0 Å². The molecule has 3 rings (SSSR count).